The van der Waals surface area contributed by atoms with Gasteiger partial charge in [0, 0.05) is 23.4 Å². The molecule has 0 bridgehead atoms. The molecule has 0 aliphatic heterocycles. The summed E-state index contributed by atoms with van der Waals surface area (Å²) in [7, 11) is -1.89. The predicted molar refractivity (Wildman–Crippen MR) is 79.7 cm³/mol. The van der Waals surface area contributed by atoms with Crippen molar-refractivity contribution in [2.75, 3.05) is 11.8 Å². The van der Waals surface area contributed by atoms with E-state index in [9.17, 15) is 8.42 Å². The summed E-state index contributed by atoms with van der Waals surface area (Å²) < 4.78 is 27.3. The number of sulfonamides is 1. The SMILES string of the molecule is CNCc1ccc(S(=O)(=O)Nc2ncccn2)c(Br)c1. The van der Waals surface area contributed by atoms with Crippen molar-refractivity contribution in [1.82, 2.24) is 15.3 Å². The zero-order valence-corrected chi connectivity index (χ0v) is 13.1. The number of hydrogen-bond donors (Lipinski definition) is 2. The van der Waals surface area contributed by atoms with Gasteiger partial charge in [0.15, 0.2) is 0 Å². The molecule has 0 saturated heterocycles. The number of halogens is 1. The Morgan fingerprint density at radius 1 is 1.25 bits per heavy atom. The Bertz CT molecular complexity index is 692. The van der Waals surface area contributed by atoms with Crippen LogP contribution in [0, 0.1) is 0 Å². The summed E-state index contributed by atoms with van der Waals surface area (Å²) >= 11 is 3.28. The van der Waals surface area contributed by atoms with Crippen LogP contribution in [-0.2, 0) is 16.6 Å². The largest absolute Gasteiger partial charge is 0.316 e. The molecule has 0 atom stereocenters. The molecule has 2 aromatic rings. The van der Waals surface area contributed by atoms with Crippen LogP contribution in [0.5, 0.6) is 0 Å². The van der Waals surface area contributed by atoms with Crippen molar-refractivity contribution in [3.8, 4) is 0 Å². The van der Waals surface area contributed by atoms with E-state index in [0.717, 1.165) is 5.56 Å². The number of rotatable bonds is 5. The first-order chi connectivity index (χ1) is 9.53. The Morgan fingerprint density at radius 2 is 1.95 bits per heavy atom. The number of benzene rings is 1. The van der Waals surface area contributed by atoms with Gasteiger partial charge in [-0.1, -0.05) is 6.07 Å². The van der Waals surface area contributed by atoms with Gasteiger partial charge < -0.3 is 5.32 Å². The highest BCUT2D eigenvalue weighted by Gasteiger charge is 2.18. The second kappa shape index (κ2) is 6.29. The average Bonchev–Trinajstić information content (AvgIpc) is 2.39. The molecule has 1 heterocycles. The molecule has 0 saturated carbocycles. The number of nitrogens with zero attached hydrogens (tertiary/aromatic N) is 2. The number of nitrogens with one attached hydrogen (secondary N) is 2. The third-order valence-electron chi connectivity index (χ3n) is 2.46. The average molecular weight is 357 g/mol. The Labute approximate surface area is 125 Å². The smallest absolute Gasteiger partial charge is 0.265 e. The first kappa shape index (κ1) is 14.9. The van der Waals surface area contributed by atoms with Gasteiger partial charge in [-0.25, -0.2) is 23.1 Å². The third-order valence-corrected chi connectivity index (χ3v) is 4.76. The van der Waals surface area contributed by atoms with Crippen LogP contribution >= 0.6 is 15.9 Å². The highest BCUT2D eigenvalue weighted by Crippen LogP contribution is 2.24. The van der Waals surface area contributed by atoms with Crippen molar-refractivity contribution in [3.05, 3.63) is 46.7 Å². The molecule has 0 aliphatic carbocycles. The molecule has 2 rings (SSSR count). The lowest BCUT2D eigenvalue weighted by molar-refractivity contribution is 0.600. The molecular formula is C12H13BrN4O2S. The Morgan fingerprint density at radius 3 is 2.55 bits per heavy atom. The van der Waals surface area contributed by atoms with Crippen LogP contribution in [0.25, 0.3) is 0 Å². The Hall–Kier alpha value is -1.51. The van der Waals surface area contributed by atoms with Crippen molar-refractivity contribution >= 4 is 31.9 Å². The summed E-state index contributed by atoms with van der Waals surface area (Å²) in [6.45, 7) is 0.661. The zero-order valence-electron chi connectivity index (χ0n) is 10.7. The van der Waals surface area contributed by atoms with Crippen LogP contribution < -0.4 is 10.0 Å². The van der Waals surface area contributed by atoms with E-state index in [1.54, 1.807) is 24.3 Å². The molecule has 1 aromatic carbocycles. The number of hydrogen-bond acceptors (Lipinski definition) is 5. The maximum atomic E-state index is 12.3. The number of aromatic nitrogens is 2. The van der Waals surface area contributed by atoms with E-state index in [0.29, 0.717) is 11.0 Å². The molecule has 1 aromatic heterocycles. The Kier molecular flexibility index (Phi) is 4.69. The summed E-state index contributed by atoms with van der Waals surface area (Å²) in [5.74, 6) is 0.0405. The lowest BCUT2D eigenvalue weighted by Crippen LogP contribution is -2.15. The van der Waals surface area contributed by atoms with Gasteiger partial charge in [0.25, 0.3) is 10.0 Å². The minimum Gasteiger partial charge on any atom is -0.316 e. The standard InChI is InChI=1S/C12H13BrN4O2S/c1-14-8-9-3-4-11(10(13)7-9)20(18,19)17-12-15-5-2-6-16-12/h2-7,14H,8H2,1H3,(H,15,16,17). The van der Waals surface area contributed by atoms with E-state index in [1.165, 1.54) is 12.4 Å². The summed E-state index contributed by atoms with van der Waals surface area (Å²) in [6, 6.07) is 6.67. The van der Waals surface area contributed by atoms with E-state index < -0.39 is 10.0 Å². The van der Waals surface area contributed by atoms with Crippen LogP contribution in [0.1, 0.15) is 5.56 Å². The molecule has 0 aliphatic rings. The maximum absolute atomic E-state index is 12.3. The second-order valence-electron chi connectivity index (χ2n) is 3.97. The first-order valence-corrected chi connectivity index (χ1v) is 8.03. The lowest BCUT2D eigenvalue weighted by Gasteiger charge is -2.09. The van der Waals surface area contributed by atoms with E-state index >= 15 is 0 Å². The summed E-state index contributed by atoms with van der Waals surface area (Å²) in [5, 5.41) is 3.00. The zero-order chi connectivity index (χ0) is 14.6. The van der Waals surface area contributed by atoms with Crippen molar-refractivity contribution in [2.24, 2.45) is 0 Å². The molecule has 0 spiro atoms. The summed E-state index contributed by atoms with van der Waals surface area (Å²) in [5.41, 5.74) is 0.981. The number of anilines is 1. The molecule has 6 nitrogen and oxygen atoms in total. The molecule has 20 heavy (non-hydrogen) atoms. The van der Waals surface area contributed by atoms with Gasteiger partial charge in [-0.3, -0.25) is 0 Å². The topological polar surface area (TPSA) is 84.0 Å². The van der Waals surface area contributed by atoms with Crippen LogP contribution in [0.2, 0.25) is 0 Å². The third kappa shape index (κ3) is 3.53. The summed E-state index contributed by atoms with van der Waals surface area (Å²) in [6.07, 6.45) is 2.94. The second-order valence-corrected chi connectivity index (χ2v) is 6.48. The van der Waals surface area contributed by atoms with Gasteiger partial charge >= 0.3 is 0 Å². The molecule has 0 radical (unpaired) electrons. The summed E-state index contributed by atoms with van der Waals surface area (Å²) in [4.78, 5) is 7.82. The highest BCUT2D eigenvalue weighted by molar-refractivity contribution is 9.10. The van der Waals surface area contributed by atoms with E-state index in [4.69, 9.17) is 0 Å². The van der Waals surface area contributed by atoms with E-state index in [1.807, 2.05) is 7.05 Å². The predicted octanol–water partition coefficient (Wildman–Crippen LogP) is 1.76. The van der Waals surface area contributed by atoms with Crippen LogP contribution in [0.4, 0.5) is 5.95 Å². The van der Waals surface area contributed by atoms with Gasteiger partial charge in [-0.15, -0.1) is 0 Å². The van der Waals surface area contributed by atoms with Gasteiger partial charge in [0.05, 0.1) is 0 Å². The van der Waals surface area contributed by atoms with Gasteiger partial charge in [0.2, 0.25) is 5.95 Å². The van der Waals surface area contributed by atoms with Crippen molar-refractivity contribution in [2.45, 2.75) is 11.4 Å². The van der Waals surface area contributed by atoms with E-state index in [2.05, 4.69) is 35.9 Å². The molecule has 0 unspecified atom stereocenters. The van der Waals surface area contributed by atoms with Crippen LogP contribution in [0.3, 0.4) is 0 Å². The normalized spacial score (nSPS) is 11.3. The molecule has 2 N–H and O–H groups in total. The van der Waals surface area contributed by atoms with Crippen LogP contribution in [-0.4, -0.2) is 25.4 Å². The Balaban J connectivity index is 2.30. The first-order valence-electron chi connectivity index (χ1n) is 5.76. The van der Waals surface area contributed by atoms with Gasteiger partial charge in [-0.05, 0) is 46.7 Å². The van der Waals surface area contributed by atoms with Crippen molar-refractivity contribution in [3.63, 3.8) is 0 Å². The lowest BCUT2D eigenvalue weighted by atomic mass is 10.2. The molecule has 106 valence electrons. The quantitative estimate of drug-likeness (QED) is 0.852. The van der Waals surface area contributed by atoms with Crippen molar-refractivity contribution < 1.29 is 8.42 Å². The monoisotopic (exact) mass is 356 g/mol. The highest BCUT2D eigenvalue weighted by atomic mass is 79.9. The molecular weight excluding hydrogens is 344 g/mol. The van der Waals surface area contributed by atoms with Gasteiger partial charge in [0.1, 0.15) is 4.90 Å². The fourth-order valence-corrected chi connectivity index (χ4v) is 3.69. The molecule has 8 heteroatoms. The maximum Gasteiger partial charge on any atom is 0.265 e. The minimum absolute atomic E-state index is 0.0405. The molecule has 0 fully saturated rings. The fourth-order valence-electron chi connectivity index (χ4n) is 1.60. The minimum atomic E-state index is -3.72. The van der Waals surface area contributed by atoms with E-state index in [-0.39, 0.29) is 10.8 Å². The van der Waals surface area contributed by atoms with Gasteiger partial charge in [-0.2, -0.15) is 0 Å². The van der Waals surface area contributed by atoms with Crippen molar-refractivity contribution in [1.29, 1.82) is 0 Å². The van der Waals surface area contributed by atoms with Crippen LogP contribution in [0.15, 0.2) is 46.0 Å². The molecule has 0 amide bonds. The fraction of sp³-hybridized carbons (Fsp3) is 0.167.